The summed E-state index contributed by atoms with van der Waals surface area (Å²) >= 11 is 0. The molecule has 2 heteroatoms. The van der Waals surface area contributed by atoms with Crippen molar-refractivity contribution in [2.45, 2.75) is 19.3 Å². The maximum absolute atomic E-state index is 6.82. The molecule has 2 nitrogen and oxygen atoms in total. The minimum absolute atomic E-state index is 0.125. The van der Waals surface area contributed by atoms with Crippen LogP contribution in [0, 0.1) is 0 Å². The second-order valence-electron chi connectivity index (χ2n) is 14.1. The van der Waals surface area contributed by atoms with Crippen molar-refractivity contribution in [1.82, 2.24) is 0 Å². The molecule has 0 radical (unpaired) electrons. The lowest BCUT2D eigenvalue weighted by Gasteiger charge is -2.29. The molecule has 8 aromatic carbocycles. The first-order chi connectivity index (χ1) is 25.0. The third kappa shape index (κ3) is 4.64. The first-order valence-electron chi connectivity index (χ1n) is 17.7. The Bertz CT molecular complexity index is 2760. The van der Waals surface area contributed by atoms with Crippen LogP contribution < -0.4 is 4.90 Å². The number of fused-ring (bicyclic) bond motifs is 8. The number of para-hydroxylation sites is 1. The fraction of sp³-hybridized carbons (Fsp3) is 0.0612. The number of rotatable bonds is 5. The normalized spacial score (nSPS) is 13.1. The molecule has 1 heterocycles. The standard InChI is InChI=1S/C49H35NO/c1-49(2)43-19-11-9-17-39(43)40-28-27-38(31-44(40)49)50(37-25-23-34(24-26-37)32-13-5-3-6-14-32)45-30-36-22-21-35(33-15-7-4-8-16-33)29-42(36)48-47(45)41-18-10-12-20-46(41)51-48/h3-31H,1-2H3. The first kappa shape index (κ1) is 29.5. The van der Waals surface area contributed by atoms with Crippen LogP contribution in [-0.4, -0.2) is 0 Å². The largest absolute Gasteiger partial charge is 0.455 e. The number of hydrogen-bond donors (Lipinski definition) is 0. The summed E-state index contributed by atoms with van der Waals surface area (Å²) in [7, 11) is 0. The van der Waals surface area contributed by atoms with E-state index in [1.165, 1.54) is 44.5 Å². The van der Waals surface area contributed by atoms with Gasteiger partial charge in [0.15, 0.2) is 0 Å². The average Bonchev–Trinajstić information content (AvgIpc) is 3.69. The molecule has 0 spiro atoms. The molecule has 1 aromatic heterocycles. The van der Waals surface area contributed by atoms with E-state index in [4.69, 9.17) is 4.42 Å². The van der Waals surface area contributed by atoms with Gasteiger partial charge in [-0.1, -0.05) is 147 Å². The Labute approximate surface area is 297 Å². The summed E-state index contributed by atoms with van der Waals surface area (Å²) in [4.78, 5) is 2.43. The van der Waals surface area contributed by atoms with E-state index in [-0.39, 0.29) is 5.41 Å². The highest BCUT2D eigenvalue weighted by Gasteiger charge is 2.36. The lowest BCUT2D eigenvalue weighted by molar-refractivity contribution is 0.660. The highest BCUT2D eigenvalue weighted by Crippen LogP contribution is 2.52. The molecule has 0 atom stereocenters. The number of anilines is 3. The molecule has 0 bridgehead atoms. The maximum Gasteiger partial charge on any atom is 0.145 e. The van der Waals surface area contributed by atoms with Crippen molar-refractivity contribution >= 4 is 49.8 Å². The van der Waals surface area contributed by atoms with Gasteiger partial charge in [0.25, 0.3) is 0 Å². The van der Waals surface area contributed by atoms with E-state index in [1.54, 1.807) is 0 Å². The fourth-order valence-corrected chi connectivity index (χ4v) is 8.27. The molecule has 10 rings (SSSR count). The van der Waals surface area contributed by atoms with Gasteiger partial charge in [0.2, 0.25) is 0 Å². The quantitative estimate of drug-likeness (QED) is 0.184. The first-order valence-corrected chi connectivity index (χ1v) is 17.7. The number of furan rings is 1. The Morgan fingerprint density at radius 3 is 1.84 bits per heavy atom. The Balaban J connectivity index is 1.24. The second kappa shape index (κ2) is 11.3. The Morgan fingerprint density at radius 2 is 1.06 bits per heavy atom. The van der Waals surface area contributed by atoms with Gasteiger partial charge < -0.3 is 9.32 Å². The molecule has 1 aliphatic carbocycles. The molecular weight excluding hydrogens is 619 g/mol. The van der Waals surface area contributed by atoms with Crippen LogP contribution in [-0.2, 0) is 5.41 Å². The molecule has 9 aromatic rings. The molecule has 0 N–H and O–H groups in total. The van der Waals surface area contributed by atoms with Crippen molar-refractivity contribution in [3.05, 3.63) is 187 Å². The van der Waals surface area contributed by atoms with E-state index in [9.17, 15) is 0 Å². The third-order valence-electron chi connectivity index (χ3n) is 10.8. The minimum atomic E-state index is -0.125. The molecular formula is C49H35NO. The van der Waals surface area contributed by atoms with E-state index in [2.05, 4.69) is 195 Å². The molecule has 1 aliphatic rings. The van der Waals surface area contributed by atoms with Crippen molar-refractivity contribution in [1.29, 1.82) is 0 Å². The van der Waals surface area contributed by atoms with Crippen LogP contribution in [0.15, 0.2) is 180 Å². The van der Waals surface area contributed by atoms with Gasteiger partial charge in [-0.2, -0.15) is 0 Å². The van der Waals surface area contributed by atoms with Crippen molar-refractivity contribution in [3.8, 4) is 33.4 Å². The zero-order valence-electron chi connectivity index (χ0n) is 28.6. The second-order valence-corrected chi connectivity index (χ2v) is 14.1. The fourth-order valence-electron chi connectivity index (χ4n) is 8.27. The summed E-state index contributed by atoms with van der Waals surface area (Å²) in [5, 5.41) is 4.46. The summed E-state index contributed by atoms with van der Waals surface area (Å²) in [6, 6.07) is 63.6. The smallest absolute Gasteiger partial charge is 0.145 e. The summed E-state index contributed by atoms with van der Waals surface area (Å²) < 4.78 is 6.82. The van der Waals surface area contributed by atoms with Crippen molar-refractivity contribution in [3.63, 3.8) is 0 Å². The van der Waals surface area contributed by atoms with E-state index >= 15 is 0 Å². The minimum Gasteiger partial charge on any atom is -0.455 e. The van der Waals surface area contributed by atoms with Crippen LogP contribution in [0.4, 0.5) is 17.1 Å². The molecule has 0 unspecified atom stereocenters. The SMILES string of the molecule is CC1(C)c2ccccc2-c2ccc(N(c3ccc(-c4ccccc4)cc3)c3cc4ccc(-c5ccccc5)cc4c4oc5ccccc5c34)cc21. The molecule has 242 valence electrons. The van der Waals surface area contributed by atoms with Gasteiger partial charge in [0, 0.05) is 27.6 Å². The molecule has 51 heavy (non-hydrogen) atoms. The Kier molecular flexibility index (Phi) is 6.56. The lowest BCUT2D eigenvalue weighted by atomic mass is 9.82. The van der Waals surface area contributed by atoms with Crippen LogP contribution in [0.25, 0.3) is 66.1 Å². The number of hydrogen-bond acceptors (Lipinski definition) is 2. The molecule has 0 aliphatic heterocycles. The van der Waals surface area contributed by atoms with Crippen molar-refractivity contribution in [2.75, 3.05) is 4.90 Å². The Morgan fingerprint density at radius 1 is 0.451 bits per heavy atom. The van der Waals surface area contributed by atoms with Crippen molar-refractivity contribution < 1.29 is 4.42 Å². The zero-order chi connectivity index (χ0) is 34.1. The van der Waals surface area contributed by atoms with Crippen LogP contribution in [0.2, 0.25) is 0 Å². The van der Waals surface area contributed by atoms with Gasteiger partial charge in [-0.15, -0.1) is 0 Å². The predicted molar refractivity (Wildman–Crippen MR) is 214 cm³/mol. The van der Waals surface area contributed by atoms with Gasteiger partial charge in [-0.25, -0.2) is 0 Å². The van der Waals surface area contributed by atoms with Crippen molar-refractivity contribution in [2.24, 2.45) is 0 Å². The molecule has 0 saturated carbocycles. The van der Waals surface area contributed by atoms with Crippen LogP contribution in [0.3, 0.4) is 0 Å². The average molecular weight is 654 g/mol. The maximum atomic E-state index is 6.82. The van der Waals surface area contributed by atoms with Crippen LogP contribution >= 0.6 is 0 Å². The summed E-state index contributed by atoms with van der Waals surface area (Å²) in [6.07, 6.45) is 0. The van der Waals surface area contributed by atoms with Gasteiger partial charge in [0.05, 0.1) is 11.1 Å². The highest BCUT2D eigenvalue weighted by atomic mass is 16.3. The van der Waals surface area contributed by atoms with E-state index in [1.807, 2.05) is 0 Å². The monoisotopic (exact) mass is 653 g/mol. The van der Waals surface area contributed by atoms with Gasteiger partial charge in [-0.05, 0) is 92.4 Å². The van der Waals surface area contributed by atoms with Crippen LogP contribution in [0.1, 0.15) is 25.0 Å². The van der Waals surface area contributed by atoms with E-state index in [0.717, 1.165) is 49.8 Å². The predicted octanol–water partition coefficient (Wildman–Crippen LogP) is 13.8. The van der Waals surface area contributed by atoms with Gasteiger partial charge in [0.1, 0.15) is 11.2 Å². The topological polar surface area (TPSA) is 16.4 Å². The van der Waals surface area contributed by atoms with Gasteiger partial charge in [-0.3, -0.25) is 0 Å². The zero-order valence-corrected chi connectivity index (χ0v) is 28.6. The van der Waals surface area contributed by atoms with Crippen LogP contribution in [0.5, 0.6) is 0 Å². The lowest BCUT2D eigenvalue weighted by Crippen LogP contribution is -2.16. The molecule has 0 fully saturated rings. The molecule has 0 amide bonds. The van der Waals surface area contributed by atoms with E-state index < -0.39 is 0 Å². The summed E-state index contributed by atoms with van der Waals surface area (Å²) in [5.74, 6) is 0. The third-order valence-corrected chi connectivity index (χ3v) is 10.8. The number of nitrogens with zero attached hydrogens (tertiary/aromatic N) is 1. The number of benzene rings is 8. The summed E-state index contributed by atoms with van der Waals surface area (Å²) in [5.41, 5.74) is 15.1. The van der Waals surface area contributed by atoms with E-state index in [0.29, 0.717) is 0 Å². The van der Waals surface area contributed by atoms with Gasteiger partial charge >= 0.3 is 0 Å². The summed E-state index contributed by atoms with van der Waals surface area (Å²) in [6.45, 7) is 4.70. The molecule has 0 saturated heterocycles. The Hall–Kier alpha value is -6.38. The highest BCUT2D eigenvalue weighted by molar-refractivity contribution is 6.22.